The Labute approximate surface area is 176 Å². The summed E-state index contributed by atoms with van der Waals surface area (Å²) in [7, 11) is 0. The molecule has 0 spiro atoms. The number of piperazine rings is 1. The van der Waals surface area contributed by atoms with Crippen molar-refractivity contribution in [2.45, 2.75) is 24.7 Å². The van der Waals surface area contributed by atoms with E-state index in [1.807, 2.05) is 59.5 Å². The zero-order chi connectivity index (χ0) is 20.3. The van der Waals surface area contributed by atoms with Gasteiger partial charge in [0.25, 0.3) is 0 Å². The van der Waals surface area contributed by atoms with Gasteiger partial charge < -0.3 is 15.1 Å². The van der Waals surface area contributed by atoms with Crippen LogP contribution >= 0.6 is 11.6 Å². The van der Waals surface area contributed by atoms with Gasteiger partial charge in [-0.15, -0.1) is 0 Å². The molecule has 2 aromatic rings. The fourth-order valence-electron chi connectivity index (χ4n) is 4.26. The average Bonchev–Trinajstić information content (AvgIpc) is 2.72. The van der Waals surface area contributed by atoms with Crippen LogP contribution < -0.4 is 10.2 Å². The Balaban J connectivity index is 1.30. The van der Waals surface area contributed by atoms with Crippen LogP contribution in [-0.4, -0.2) is 49.4 Å². The van der Waals surface area contributed by atoms with E-state index in [9.17, 15) is 9.59 Å². The third-order valence-electron chi connectivity index (χ3n) is 6.17. The van der Waals surface area contributed by atoms with Crippen molar-refractivity contribution in [2.24, 2.45) is 0 Å². The number of carbonyl (C=O) groups excluding carboxylic acids is 2. The lowest BCUT2D eigenvalue weighted by molar-refractivity contribution is -0.136. The third kappa shape index (κ3) is 4.10. The van der Waals surface area contributed by atoms with E-state index in [1.165, 1.54) is 0 Å². The molecule has 1 N–H and O–H groups in total. The molecule has 2 fully saturated rings. The van der Waals surface area contributed by atoms with Gasteiger partial charge in [0, 0.05) is 36.9 Å². The third-order valence-corrected chi connectivity index (χ3v) is 6.41. The van der Waals surface area contributed by atoms with Crippen LogP contribution in [0, 0.1) is 0 Å². The molecule has 1 aliphatic heterocycles. The Morgan fingerprint density at radius 2 is 1.69 bits per heavy atom. The predicted molar refractivity (Wildman–Crippen MR) is 115 cm³/mol. The summed E-state index contributed by atoms with van der Waals surface area (Å²) >= 11 is 6.08. The zero-order valence-electron chi connectivity index (χ0n) is 16.4. The van der Waals surface area contributed by atoms with Crippen molar-refractivity contribution in [3.63, 3.8) is 0 Å². The lowest BCUT2D eigenvalue weighted by Gasteiger charge is -2.41. The minimum absolute atomic E-state index is 0.0216. The Bertz CT molecular complexity index is 875. The first-order valence-corrected chi connectivity index (χ1v) is 10.6. The Kier molecular flexibility index (Phi) is 5.76. The van der Waals surface area contributed by atoms with Crippen LogP contribution in [0.25, 0.3) is 0 Å². The van der Waals surface area contributed by atoms with Crippen LogP contribution in [0.1, 0.15) is 24.8 Å². The number of benzene rings is 2. The topological polar surface area (TPSA) is 52.7 Å². The fourth-order valence-corrected chi connectivity index (χ4v) is 4.44. The van der Waals surface area contributed by atoms with Gasteiger partial charge in [-0.2, -0.15) is 0 Å². The molecule has 1 aliphatic carbocycles. The molecule has 2 aromatic carbocycles. The quantitative estimate of drug-likeness (QED) is 0.821. The highest BCUT2D eigenvalue weighted by Gasteiger charge is 2.45. The second kappa shape index (κ2) is 8.46. The molecular weight excluding hydrogens is 386 g/mol. The van der Waals surface area contributed by atoms with E-state index in [0.29, 0.717) is 18.1 Å². The maximum atomic E-state index is 12.9. The molecule has 152 valence electrons. The molecule has 1 saturated heterocycles. The van der Waals surface area contributed by atoms with Gasteiger partial charge in [0.2, 0.25) is 11.8 Å². The summed E-state index contributed by atoms with van der Waals surface area (Å²) in [5.41, 5.74) is 1.66. The molecule has 5 nitrogen and oxygen atoms in total. The molecule has 6 heteroatoms. The van der Waals surface area contributed by atoms with Crippen molar-refractivity contribution in [3.8, 4) is 0 Å². The number of nitrogens with one attached hydrogen (secondary N) is 1. The smallest absolute Gasteiger partial charge is 0.242 e. The Morgan fingerprint density at radius 3 is 2.31 bits per heavy atom. The van der Waals surface area contributed by atoms with Gasteiger partial charge in [-0.25, -0.2) is 0 Å². The van der Waals surface area contributed by atoms with Crippen LogP contribution in [0.4, 0.5) is 5.69 Å². The number of hydrogen-bond acceptors (Lipinski definition) is 3. The second-order valence-corrected chi connectivity index (χ2v) is 8.27. The molecule has 0 aromatic heterocycles. The number of halogens is 1. The van der Waals surface area contributed by atoms with Crippen molar-refractivity contribution >= 4 is 29.1 Å². The highest BCUT2D eigenvalue weighted by Crippen LogP contribution is 2.43. The zero-order valence-corrected chi connectivity index (χ0v) is 17.2. The van der Waals surface area contributed by atoms with E-state index < -0.39 is 5.41 Å². The molecule has 2 aliphatic rings. The maximum Gasteiger partial charge on any atom is 0.242 e. The molecule has 4 rings (SSSR count). The van der Waals surface area contributed by atoms with Gasteiger partial charge in [-0.1, -0.05) is 54.4 Å². The first kappa shape index (κ1) is 19.8. The Morgan fingerprint density at radius 1 is 0.966 bits per heavy atom. The van der Waals surface area contributed by atoms with Crippen molar-refractivity contribution in [3.05, 3.63) is 65.2 Å². The summed E-state index contributed by atoms with van der Waals surface area (Å²) in [6, 6.07) is 17.7. The van der Waals surface area contributed by atoms with Gasteiger partial charge in [0.1, 0.15) is 0 Å². The molecule has 0 radical (unpaired) electrons. The van der Waals surface area contributed by atoms with Crippen LogP contribution in [0.3, 0.4) is 0 Å². The lowest BCUT2D eigenvalue weighted by atomic mass is 9.64. The summed E-state index contributed by atoms with van der Waals surface area (Å²) in [5.74, 6) is -0.0486. The van der Waals surface area contributed by atoms with E-state index in [2.05, 4.69) is 10.2 Å². The van der Waals surface area contributed by atoms with Gasteiger partial charge >= 0.3 is 0 Å². The number of hydrogen-bond donors (Lipinski definition) is 1. The highest BCUT2D eigenvalue weighted by atomic mass is 35.5. The summed E-state index contributed by atoms with van der Waals surface area (Å²) in [6.45, 7) is 2.86. The normalized spacial score (nSPS) is 18.1. The minimum atomic E-state index is -0.465. The molecule has 0 unspecified atom stereocenters. The average molecular weight is 412 g/mol. The number of amides is 2. The van der Waals surface area contributed by atoms with Gasteiger partial charge in [0.05, 0.1) is 12.0 Å². The van der Waals surface area contributed by atoms with Crippen LogP contribution in [0.2, 0.25) is 5.02 Å². The monoisotopic (exact) mass is 411 g/mol. The Hall–Kier alpha value is -2.53. The lowest BCUT2D eigenvalue weighted by Crippen LogP contribution is -2.54. The SMILES string of the molecule is O=C(CNC(=O)C1(c2ccccc2)CCC1)N1CCN(c2cccc(Cl)c2)CC1. The molecule has 2 amide bonds. The van der Waals surface area contributed by atoms with Crippen LogP contribution in [0.15, 0.2) is 54.6 Å². The standard InChI is InChI=1S/C23H26ClN3O2/c24-19-8-4-9-20(16-19)26-12-14-27(15-13-26)21(28)17-25-22(29)23(10-5-11-23)18-6-2-1-3-7-18/h1-4,6-9,16H,5,10-15,17H2,(H,25,29). The van der Waals surface area contributed by atoms with Crippen molar-refractivity contribution < 1.29 is 9.59 Å². The molecular formula is C23H26ClN3O2. The van der Waals surface area contributed by atoms with Crippen molar-refractivity contribution in [1.82, 2.24) is 10.2 Å². The van der Waals surface area contributed by atoms with E-state index in [1.54, 1.807) is 0 Å². The summed E-state index contributed by atoms with van der Waals surface area (Å²) in [5, 5.41) is 3.63. The number of anilines is 1. The number of nitrogens with zero attached hydrogens (tertiary/aromatic N) is 2. The van der Waals surface area contributed by atoms with Crippen LogP contribution in [-0.2, 0) is 15.0 Å². The predicted octanol–water partition coefficient (Wildman–Crippen LogP) is 3.23. The van der Waals surface area contributed by atoms with Crippen LogP contribution in [0.5, 0.6) is 0 Å². The first-order valence-electron chi connectivity index (χ1n) is 10.2. The molecule has 0 atom stereocenters. The minimum Gasteiger partial charge on any atom is -0.368 e. The summed E-state index contributed by atoms with van der Waals surface area (Å²) in [4.78, 5) is 29.6. The molecule has 0 bridgehead atoms. The van der Waals surface area contributed by atoms with Crippen molar-refractivity contribution in [2.75, 3.05) is 37.6 Å². The first-order chi connectivity index (χ1) is 14.1. The molecule has 1 heterocycles. The number of carbonyl (C=O) groups is 2. The molecule has 29 heavy (non-hydrogen) atoms. The second-order valence-electron chi connectivity index (χ2n) is 7.83. The highest BCUT2D eigenvalue weighted by molar-refractivity contribution is 6.30. The van der Waals surface area contributed by atoms with Crippen molar-refractivity contribution in [1.29, 1.82) is 0 Å². The van der Waals surface area contributed by atoms with E-state index in [4.69, 9.17) is 11.6 Å². The fraction of sp³-hybridized carbons (Fsp3) is 0.391. The molecule has 1 saturated carbocycles. The largest absolute Gasteiger partial charge is 0.368 e. The van der Waals surface area contributed by atoms with E-state index in [0.717, 1.165) is 43.6 Å². The van der Waals surface area contributed by atoms with E-state index >= 15 is 0 Å². The maximum absolute atomic E-state index is 12.9. The number of rotatable bonds is 5. The van der Waals surface area contributed by atoms with E-state index in [-0.39, 0.29) is 18.4 Å². The summed E-state index contributed by atoms with van der Waals surface area (Å²) in [6.07, 6.45) is 2.73. The van der Waals surface area contributed by atoms with Gasteiger partial charge in [0.15, 0.2) is 0 Å². The van der Waals surface area contributed by atoms with Gasteiger partial charge in [-0.3, -0.25) is 9.59 Å². The summed E-state index contributed by atoms with van der Waals surface area (Å²) < 4.78 is 0. The van der Waals surface area contributed by atoms with Gasteiger partial charge in [-0.05, 0) is 36.6 Å².